The molecule has 0 spiro atoms. The van der Waals surface area contributed by atoms with Crippen molar-refractivity contribution in [1.82, 2.24) is 0 Å². The van der Waals surface area contributed by atoms with Crippen molar-refractivity contribution in [3.63, 3.8) is 0 Å². The predicted octanol–water partition coefficient (Wildman–Crippen LogP) is 3.63. The topological polar surface area (TPSA) is 30.5 Å². The first-order chi connectivity index (χ1) is 9.69. The molecule has 4 heteroatoms. The molecule has 0 radical (unpaired) electrons. The number of aryl methyl sites for hydroxylation is 1. The molecule has 2 aromatic rings. The fraction of sp³-hybridized carbons (Fsp3) is 0.250. The number of hydrogen-bond acceptors (Lipinski definition) is 3. The SMILES string of the molecule is COc1ccc(NCCOc2ccc(F)cc2)c(C)c1. The summed E-state index contributed by atoms with van der Waals surface area (Å²) in [5, 5.41) is 3.29. The van der Waals surface area contributed by atoms with Crippen LogP contribution in [0, 0.1) is 12.7 Å². The molecule has 1 N–H and O–H groups in total. The van der Waals surface area contributed by atoms with E-state index in [1.807, 2.05) is 25.1 Å². The van der Waals surface area contributed by atoms with Crippen LogP contribution in [0.3, 0.4) is 0 Å². The fourth-order valence-corrected chi connectivity index (χ4v) is 1.85. The monoisotopic (exact) mass is 275 g/mol. The average Bonchev–Trinajstić information content (AvgIpc) is 2.46. The molecule has 20 heavy (non-hydrogen) atoms. The van der Waals surface area contributed by atoms with E-state index in [4.69, 9.17) is 9.47 Å². The number of hydrogen-bond donors (Lipinski definition) is 1. The largest absolute Gasteiger partial charge is 0.497 e. The van der Waals surface area contributed by atoms with Crippen LogP contribution in [0.1, 0.15) is 5.56 Å². The van der Waals surface area contributed by atoms with E-state index in [-0.39, 0.29) is 5.82 Å². The van der Waals surface area contributed by atoms with E-state index in [9.17, 15) is 4.39 Å². The number of benzene rings is 2. The third-order valence-corrected chi connectivity index (χ3v) is 2.93. The molecule has 0 heterocycles. The summed E-state index contributed by atoms with van der Waals surface area (Å²) in [7, 11) is 1.65. The van der Waals surface area contributed by atoms with E-state index in [0.717, 1.165) is 17.0 Å². The van der Waals surface area contributed by atoms with Gasteiger partial charge in [0.1, 0.15) is 23.9 Å². The lowest BCUT2D eigenvalue weighted by atomic mass is 10.2. The second-order valence-corrected chi connectivity index (χ2v) is 4.41. The van der Waals surface area contributed by atoms with Crippen molar-refractivity contribution in [2.75, 3.05) is 25.6 Å². The first-order valence-electron chi connectivity index (χ1n) is 6.46. The highest BCUT2D eigenvalue weighted by Crippen LogP contribution is 2.20. The van der Waals surface area contributed by atoms with E-state index < -0.39 is 0 Å². The third kappa shape index (κ3) is 3.88. The van der Waals surface area contributed by atoms with Crippen molar-refractivity contribution in [3.05, 3.63) is 53.8 Å². The van der Waals surface area contributed by atoms with Crippen LogP contribution in [0.5, 0.6) is 11.5 Å². The van der Waals surface area contributed by atoms with Gasteiger partial charge < -0.3 is 14.8 Å². The third-order valence-electron chi connectivity index (χ3n) is 2.93. The van der Waals surface area contributed by atoms with Gasteiger partial charge in [-0.05, 0) is 55.0 Å². The van der Waals surface area contributed by atoms with Gasteiger partial charge in [0, 0.05) is 12.2 Å². The van der Waals surface area contributed by atoms with Gasteiger partial charge >= 0.3 is 0 Å². The van der Waals surface area contributed by atoms with Crippen LogP contribution in [-0.4, -0.2) is 20.3 Å². The summed E-state index contributed by atoms with van der Waals surface area (Å²) >= 11 is 0. The van der Waals surface area contributed by atoms with Crippen molar-refractivity contribution < 1.29 is 13.9 Å². The van der Waals surface area contributed by atoms with Gasteiger partial charge in [-0.1, -0.05) is 0 Å². The summed E-state index contributed by atoms with van der Waals surface area (Å²) in [4.78, 5) is 0. The molecule has 0 bridgehead atoms. The molecule has 0 aliphatic heterocycles. The van der Waals surface area contributed by atoms with Crippen LogP contribution in [-0.2, 0) is 0 Å². The van der Waals surface area contributed by atoms with Crippen molar-refractivity contribution >= 4 is 5.69 Å². The van der Waals surface area contributed by atoms with E-state index in [2.05, 4.69) is 5.32 Å². The number of ether oxygens (including phenoxy) is 2. The molecule has 0 unspecified atom stereocenters. The Balaban J connectivity index is 1.79. The number of halogens is 1. The summed E-state index contributed by atoms with van der Waals surface area (Å²) in [5.74, 6) is 1.25. The minimum atomic E-state index is -0.260. The minimum Gasteiger partial charge on any atom is -0.497 e. The molecular weight excluding hydrogens is 257 g/mol. The van der Waals surface area contributed by atoms with Crippen LogP contribution in [0.25, 0.3) is 0 Å². The molecular formula is C16H18FNO2. The van der Waals surface area contributed by atoms with Gasteiger partial charge in [-0.15, -0.1) is 0 Å². The molecule has 2 aromatic carbocycles. The Kier molecular flexibility index (Phi) is 4.82. The molecule has 0 aliphatic carbocycles. The van der Waals surface area contributed by atoms with Gasteiger partial charge in [0.05, 0.1) is 7.11 Å². The van der Waals surface area contributed by atoms with Gasteiger partial charge in [0.25, 0.3) is 0 Å². The Hall–Kier alpha value is -2.23. The van der Waals surface area contributed by atoms with Crippen molar-refractivity contribution in [1.29, 1.82) is 0 Å². The average molecular weight is 275 g/mol. The molecule has 0 atom stereocenters. The molecule has 0 fully saturated rings. The fourth-order valence-electron chi connectivity index (χ4n) is 1.85. The highest BCUT2D eigenvalue weighted by Gasteiger charge is 2.00. The van der Waals surface area contributed by atoms with Gasteiger partial charge in [0.2, 0.25) is 0 Å². The van der Waals surface area contributed by atoms with Gasteiger partial charge in [-0.25, -0.2) is 4.39 Å². The minimum absolute atomic E-state index is 0.260. The second-order valence-electron chi connectivity index (χ2n) is 4.41. The molecule has 0 amide bonds. The summed E-state index contributed by atoms with van der Waals surface area (Å²) in [6.07, 6.45) is 0. The van der Waals surface area contributed by atoms with Crippen molar-refractivity contribution in [2.45, 2.75) is 6.92 Å². The van der Waals surface area contributed by atoms with Crippen LogP contribution < -0.4 is 14.8 Å². The van der Waals surface area contributed by atoms with Crippen LogP contribution >= 0.6 is 0 Å². The number of methoxy groups -OCH3 is 1. The second kappa shape index (κ2) is 6.80. The maximum absolute atomic E-state index is 12.7. The summed E-state index contributed by atoms with van der Waals surface area (Å²) in [5.41, 5.74) is 2.17. The lowest BCUT2D eigenvalue weighted by molar-refractivity contribution is 0.332. The van der Waals surface area contributed by atoms with E-state index in [0.29, 0.717) is 18.9 Å². The van der Waals surface area contributed by atoms with Crippen LogP contribution in [0.2, 0.25) is 0 Å². The first-order valence-corrected chi connectivity index (χ1v) is 6.46. The molecule has 0 saturated heterocycles. The van der Waals surface area contributed by atoms with E-state index in [1.54, 1.807) is 19.2 Å². The van der Waals surface area contributed by atoms with E-state index >= 15 is 0 Å². The quantitative estimate of drug-likeness (QED) is 0.817. The molecule has 0 aromatic heterocycles. The van der Waals surface area contributed by atoms with E-state index in [1.165, 1.54) is 12.1 Å². The zero-order valence-corrected chi connectivity index (χ0v) is 11.7. The summed E-state index contributed by atoms with van der Waals surface area (Å²) < 4.78 is 23.4. The van der Waals surface area contributed by atoms with Crippen LogP contribution in [0.15, 0.2) is 42.5 Å². The standard InChI is InChI=1S/C16H18FNO2/c1-12-11-15(19-2)7-8-16(12)18-9-10-20-14-5-3-13(17)4-6-14/h3-8,11,18H,9-10H2,1-2H3. The Bertz CT molecular complexity index is 555. The Morgan fingerprint density at radius 2 is 1.75 bits per heavy atom. The van der Waals surface area contributed by atoms with Crippen LogP contribution in [0.4, 0.5) is 10.1 Å². The smallest absolute Gasteiger partial charge is 0.123 e. The normalized spacial score (nSPS) is 10.2. The number of rotatable bonds is 6. The van der Waals surface area contributed by atoms with Gasteiger partial charge in [0.15, 0.2) is 0 Å². The predicted molar refractivity (Wildman–Crippen MR) is 78.1 cm³/mol. The lowest BCUT2D eigenvalue weighted by Gasteiger charge is -2.11. The summed E-state index contributed by atoms with van der Waals surface area (Å²) in [6, 6.07) is 11.9. The first kappa shape index (κ1) is 14.2. The lowest BCUT2D eigenvalue weighted by Crippen LogP contribution is -2.12. The number of nitrogens with one attached hydrogen (secondary N) is 1. The highest BCUT2D eigenvalue weighted by atomic mass is 19.1. The Morgan fingerprint density at radius 3 is 2.40 bits per heavy atom. The summed E-state index contributed by atoms with van der Waals surface area (Å²) in [6.45, 7) is 3.20. The highest BCUT2D eigenvalue weighted by molar-refractivity contribution is 5.53. The van der Waals surface area contributed by atoms with Crippen molar-refractivity contribution in [3.8, 4) is 11.5 Å². The van der Waals surface area contributed by atoms with Gasteiger partial charge in [-0.2, -0.15) is 0 Å². The van der Waals surface area contributed by atoms with Crippen molar-refractivity contribution in [2.24, 2.45) is 0 Å². The van der Waals surface area contributed by atoms with Gasteiger partial charge in [-0.3, -0.25) is 0 Å². The molecule has 2 rings (SSSR count). The zero-order valence-electron chi connectivity index (χ0n) is 11.7. The molecule has 106 valence electrons. The number of anilines is 1. The zero-order chi connectivity index (χ0) is 14.4. The molecule has 0 aliphatic rings. The Labute approximate surface area is 118 Å². The maximum Gasteiger partial charge on any atom is 0.123 e. The maximum atomic E-state index is 12.7. The molecule has 3 nitrogen and oxygen atoms in total. The molecule has 0 saturated carbocycles. The Morgan fingerprint density at radius 1 is 1.05 bits per heavy atom.